The third-order valence-corrected chi connectivity index (χ3v) is 2.68. The van der Waals surface area contributed by atoms with Gasteiger partial charge < -0.3 is 5.11 Å². The number of carboxylic acids is 1. The molecule has 0 heterocycles. The van der Waals surface area contributed by atoms with Crippen molar-refractivity contribution in [2.75, 3.05) is 5.75 Å². The highest BCUT2D eigenvalue weighted by atomic mass is 32.2. The summed E-state index contributed by atoms with van der Waals surface area (Å²) in [5.41, 5.74) is 0.259. The van der Waals surface area contributed by atoms with E-state index in [2.05, 4.69) is 0 Å². The maximum absolute atomic E-state index is 13.2. The molecule has 0 spiro atoms. The van der Waals surface area contributed by atoms with Crippen LogP contribution in [0, 0.1) is 17.1 Å². The van der Waals surface area contributed by atoms with Gasteiger partial charge in [0.25, 0.3) is 0 Å². The predicted octanol–water partition coefficient (Wildman–Crippen LogP) is 2.26. The third kappa shape index (κ3) is 3.60. The largest absolute Gasteiger partial charge is 0.481 e. The molecule has 0 aliphatic rings. The van der Waals surface area contributed by atoms with Gasteiger partial charge in [-0.1, -0.05) is 0 Å². The fourth-order valence-electron chi connectivity index (χ4n) is 0.936. The van der Waals surface area contributed by atoms with Crippen LogP contribution in [0.1, 0.15) is 12.0 Å². The van der Waals surface area contributed by atoms with Gasteiger partial charge in [-0.05, 0) is 18.2 Å². The van der Waals surface area contributed by atoms with Crippen LogP contribution in [0.2, 0.25) is 0 Å². The molecule has 0 saturated heterocycles. The molecule has 1 rings (SSSR count). The Morgan fingerprint density at radius 2 is 2.33 bits per heavy atom. The maximum Gasteiger partial charge on any atom is 0.304 e. The molecule has 78 valence electrons. The molecule has 0 aliphatic carbocycles. The van der Waals surface area contributed by atoms with Crippen molar-refractivity contribution in [3.63, 3.8) is 0 Å². The lowest BCUT2D eigenvalue weighted by atomic mass is 10.2. The zero-order valence-electron chi connectivity index (χ0n) is 7.74. The number of carbonyl (C=O) groups is 1. The first-order valence-corrected chi connectivity index (χ1v) is 5.16. The highest BCUT2D eigenvalue weighted by molar-refractivity contribution is 7.99. The quantitative estimate of drug-likeness (QED) is 0.798. The molecule has 0 aromatic heterocycles. The van der Waals surface area contributed by atoms with E-state index in [1.165, 1.54) is 12.1 Å². The summed E-state index contributed by atoms with van der Waals surface area (Å²) < 4.78 is 13.2. The molecule has 1 N–H and O–H groups in total. The minimum atomic E-state index is -0.906. The average Bonchev–Trinajstić information content (AvgIpc) is 2.20. The van der Waals surface area contributed by atoms with E-state index >= 15 is 0 Å². The van der Waals surface area contributed by atoms with Gasteiger partial charge in [0, 0.05) is 10.6 Å². The molecule has 0 unspecified atom stereocenters. The molecule has 0 fully saturated rings. The normalized spacial score (nSPS) is 9.60. The first-order chi connectivity index (χ1) is 7.13. The summed E-state index contributed by atoms with van der Waals surface area (Å²) in [7, 11) is 0. The molecule has 0 aliphatic heterocycles. The van der Waals surface area contributed by atoms with Gasteiger partial charge in [0.1, 0.15) is 5.82 Å². The number of halogens is 1. The fraction of sp³-hybridized carbons (Fsp3) is 0.200. The van der Waals surface area contributed by atoms with Crippen LogP contribution in [0.15, 0.2) is 23.1 Å². The summed E-state index contributed by atoms with van der Waals surface area (Å²) in [6, 6.07) is 5.96. The predicted molar refractivity (Wildman–Crippen MR) is 54.1 cm³/mol. The monoisotopic (exact) mass is 225 g/mol. The van der Waals surface area contributed by atoms with Gasteiger partial charge in [-0.2, -0.15) is 5.26 Å². The van der Waals surface area contributed by atoms with Crippen LogP contribution in [0.3, 0.4) is 0 Å². The second-order valence-electron chi connectivity index (χ2n) is 2.75. The molecule has 0 bridgehead atoms. The minimum Gasteiger partial charge on any atom is -0.481 e. The number of rotatable bonds is 4. The van der Waals surface area contributed by atoms with Gasteiger partial charge in [-0.25, -0.2) is 4.39 Å². The van der Waals surface area contributed by atoms with Gasteiger partial charge in [0.05, 0.1) is 18.1 Å². The highest BCUT2D eigenvalue weighted by Crippen LogP contribution is 2.22. The topological polar surface area (TPSA) is 61.1 Å². The van der Waals surface area contributed by atoms with Crippen molar-refractivity contribution in [3.8, 4) is 6.07 Å². The lowest BCUT2D eigenvalue weighted by Crippen LogP contribution is -1.96. The molecule has 3 nitrogen and oxygen atoms in total. The summed E-state index contributed by atoms with van der Waals surface area (Å²) in [5, 5.41) is 16.9. The molecule has 1 aromatic rings. The molecule has 15 heavy (non-hydrogen) atoms. The smallest absolute Gasteiger partial charge is 0.304 e. The van der Waals surface area contributed by atoms with Gasteiger partial charge in [-0.3, -0.25) is 4.79 Å². The summed E-state index contributed by atoms with van der Waals surface area (Å²) in [6.45, 7) is 0. The molecule has 0 atom stereocenters. The zero-order valence-corrected chi connectivity index (χ0v) is 8.55. The van der Waals surface area contributed by atoms with Crippen LogP contribution in [0.25, 0.3) is 0 Å². The van der Waals surface area contributed by atoms with Crippen molar-refractivity contribution in [3.05, 3.63) is 29.6 Å². The molecule has 0 saturated carbocycles. The molecule has 5 heteroatoms. The Labute approximate surface area is 90.5 Å². The van der Waals surface area contributed by atoms with Crippen LogP contribution in [0.4, 0.5) is 4.39 Å². The fourth-order valence-corrected chi connectivity index (χ4v) is 1.79. The Kier molecular flexibility index (Phi) is 4.13. The van der Waals surface area contributed by atoms with E-state index in [1.54, 1.807) is 0 Å². The number of hydrogen-bond donors (Lipinski definition) is 1. The number of benzene rings is 1. The average molecular weight is 225 g/mol. The lowest BCUT2D eigenvalue weighted by molar-refractivity contribution is -0.136. The van der Waals surface area contributed by atoms with Crippen LogP contribution < -0.4 is 0 Å². The first kappa shape index (κ1) is 11.5. The van der Waals surface area contributed by atoms with E-state index < -0.39 is 11.8 Å². The van der Waals surface area contributed by atoms with E-state index in [0.717, 1.165) is 17.8 Å². The molecular weight excluding hydrogens is 217 g/mol. The molecule has 0 radical (unpaired) electrons. The Morgan fingerprint density at radius 1 is 1.60 bits per heavy atom. The molecular formula is C10H8FNO2S. The number of nitriles is 1. The van der Waals surface area contributed by atoms with Gasteiger partial charge >= 0.3 is 5.97 Å². The number of aliphatic carboxylic acids is 1. The van der Waals surface area contributed by atoms with Gasteiger partial charge in [-0.15, -0.1) is 11.8 Å². The Bertz CT molecular complexity index is 414. The van der Waals surface area contributed by atoms with Crippen LogP contribution in [-0.2, 0) is 4.79 Å². The van der Waals surface area contributed by atoms with Crippen LogP contribution in [-0.4, -0.2) is 16.8 Å². The number of hydrogen-bond acceptors (Lipinski definition) is 3. The maximum atomic E-state index is 13.2. The number of thioether (sulfide) groups is 1. The Balaban J connectivity index is 2.63. The van der Waals surface area contributed by atoms with E-state index in [4.69, 9.17) is 10.4 Å². The van der Waals surface area contributed by atoms with Crippen molar-refractivity contribution in [1.82, 2.24) is 0 Å². The molecule has 0 amide bonds. The van der Waals surface area contributed by atoms with Gasteiger partial charge in [0.15, 0.2) is 0 Å². The van der Waals surface area contributed by atoms with E-state index in [9.17, 15) is 9.18 Å². The Morgan fingerprint density at radius 3 is 2.87 bits per heavy atom. The van der Waals surface area contributed by atoms with Crippen LogP contribution in [0.5, 0.6) is 0 Å². The highest BCUT2D eigenvalue weighted by Gasteiger charge is 2.05. The zero-order chi connectivity index (χ0) is 11.3. The van der Waals surface area contributed by atoms with Crippen molar-refractivity contribution in [2.24, 2.45) is 0 Å². The lowest BCUT2D eigenvalue weighted by Gasteiger charge is -2.01. The summed E-state index contributed by atoms with van der Waals surface area (Å²) in [4.78, 5) is 10.6. The number of carboxylic acid groups (broad SMARTS) is 1. The van der Waals surface area contributed by atoms with Gasteiger partial charge in [0.2, 0.25) is 0 Å². The van der Waals surface area contributed by atoms with Crippen molar-refractivity contribution in [1.29, 1.82) is 5.26 Å². The summed E-state index contributed by atoms with van der Waals surface area (Å²) >= 11 is 1.13. The van der Waals surface area contributed by atoms with Crippen molar-refractivity contribution >= 4 is 17.7 Å². The molecule has 1 aromatic carbocycles. The van der Waals surface area contributed by atoms with E-state index in [-0.39, 0.29) is 12.0 Å². The summed E-state index contributed by atoms with van der Waals surface area (Å²) in [6.07, 6.45) is -0.00981. The second kappa shape index (κ2) is 5.37. The standard InChI is InChI=1S/C10H8FNO2S/c11-8-5-7(6-12)1-2-9(8)15-4-3-10(13)14/h1-2,5H,3-4H2,(H,13,14). The third-order valence-electron chi connectivity index (χ3n) is 1.63. The Hall–Kier alpha value is -1.54. The second-order valence-corrected chi connectivity index (χ2v) is 3.89. The van der Waals surface area contributed by atoms with E-state index in [1.807, 2.05) is 6.07 Å². The van der Waals surface area contributed by atoms with E-state index in [0.29, 0.717) is 10.6 Å². The first-order valence-electron chi connectivity index (χ1n) is 4.17. The minimum absolute atomic E-state index is 0.00981. The van der Waals surface area contributed by atoms with Crippen molar-refractivity contribution < 1.29 is 14.3 Å². The SMILES string of the molecule is N#Cc1ccc(SCCC(=O)O)c(F)c1. The van der Waals surface area contributed by atoms with Crippen molar-refractivity contribution in [2.45, 2.75) is 11.3 Å². The summed E-state index contributed by atoms with van der Waals surface area (Å²) in [5.74, 6) is -1.07. The number of nitrogens with zero attached hydrogens (tertiary/aromatic N) is 1. The van der Waals surface area contributed by atoms with Crippen LogP contribution >= 0.6 is 11.8 Å².